The molecular formula is C8H9NO4. The third-order valence-electron chi connectivity index (χ3n) is 0.758. The average molecular weight is 183 g/mol. The third kappa shape index (κ3) is 9.91. The first-order chi connectivity index (χ1) is 5.82. The van der Waals surface area contributed by atoms with Gasteiger partial charge in [0.2, 0.25) is 0 Å². The zero-order valence-corrected chi connectivity index (χ0v) is 7.07. The normalized spacial score (nSPS) is 7.08. The standard InChI is InChI=1S/C4H3NO2.C4H6O2/c1-3(2-5)4(6)7;1-3(2)4(5)6/h1H2,(H,6,7);1H2,2H3,(H,5,6). The predicted molar refractivity (Wildman–Crippen MR) is 44.8 cm³/mol. The number of nitriles is 1. The van der Waals surface area contributed by atoms with Crippen LogP contribution in [-0.4, -0.2) is 22.2 Å². The summed E-state index contributed by atoms with van der Waals surface area (Å²) in [5.41, 5.74) is -0.255. The first-order valence-corrected chi connectivity index (χ1v) is 3.04. The van der Waals surface area contributed by atoms with Crippen LogP contribution in [0.1, 0.15) is 6.92 Å². The van der Waals surface area contributed by atoms with Crippen molar-refractivity contribution in [1.82, 2.24) is 0 Å². The highest BCUT2D eigenvalue weighted by Crippen LogP contribution is 1.82. The van der Waals surface area contributed by atoms with Crippen molar-refractivity contribution in [2.75, 3.05) is 0 Å². The second-order valence-electron chi connectivity index (χ2n) is 1.98. The summed E-state index contributed by atoms with van der Waals surface area (Å²) < 4.78 is 0. The second-order valence-corrected chi connectivity index (χ2v) is 1.98. The molecule has 0 aromatic carbocycles. The van der Waals surface area contributed by atoms with Crippen molar-refractivity contribution in [3.63, 3.8) is 0 Å². The highest BCUT2D eigenvalue weighted by atomic mass is 16.4. The van der Waals surface area contributed by atoms with Gasteiger partial charge in [0, 0.05) is 5.57 Å². The number of carboxylic acids is 2. The number of carboxylic acid groups (broad SMARTS) is 2. The van der Waals surface area contributed by atoms with E-state index in [9.17, 15) is 9.59 Å². The fourth-order valence-electron chi connectivity index (χ4n) is 0.0478. The first-order valence-electron chi connectivity index (χ1n) is 3.04. The van der Waals surface area contributed by atoms with Gasteiger partial charge in [0.05, 0.1) is 0 Å². The van der Waals surface area contributed by atoms with Gasteiger partial charge in [-0.15, -0.1) is 0 Å². The molecular weight excluding hydrogens is 174 g/mol. The van der Waals surface area contributed by atoms with Crippen LogP contribution in [0.3, 0.4) is 0 Å². The van der Waals surface area contributed by atoms with E-state index in [2.05, 4.69) is 13.2 Å². The molecule has 0 saturated heterocycles. The van der Waals surface area contributed by atoms with E-state index >= 15 is 0 Å². The maximum atomic E-state index is 9.61. The van der Waals surface area contributed by atoms with Gasteiger partial charge in [-0.1, -0.05) is 13.2 Å². The molecule has 0 radical (unpaired) electrons. The van der Waals surface area contributed by atoms with Crippen LogP contribution in [0.15, 0.2) is 24.3 Å². The lowest BCUT2D eigenvalue weighted by molar-refractivity contribution is -0.133. The maximum Gasteiger partial charge on any atom is 0.345 e. The van der Waals surface area contributed by atoms with E-state index in [1.807, 2.05) is 0 Å². The molecule has 2 N–H and O–H groups in total. The molecule has 5 heteroatoms. The lowest BCUT2D eigenvalue weighted by atomic mass is 10.4. The molecule has 0 bridgehead atoms. The maximum absolute atomic E-state index is 9.61. The van der Waals surface area contributed by atoms with Gasteiger partial charge in [-0.2, -0.15) is 5.26 Å². The Kier molecular flexibility index (Phi) is 6.86. The Bertz CT molecular complexity index is 273. The van der Waals surface area contributed by atoms with Crippen molar-refractivity contribution in [2.24, 2.45) is 0 Å². The number of hydrogen-bond donors (Lipinski definition) is 2. The van der Waals surface area contributed by atoms with E-state index in [0.717, 1.165) is 0 Å². The van der Waals surface area contributed by atoms with E-state index in [4.69, 9.17) is 15.5 Å². The topological polar surface area (TPSA) is 98.4 Å². The van der Waals surface area contributed by atoms with Crippen LogP contribution in [0.25, 0.3) is 0 Å². The molecule has 0 aliphatic rings. The fourth-order valence-corrected chi connectivity index (χ4v) is 0.0478. The van der Waals surface area contributed by atoms with Crippen molar-refractivity contribution in [3.8, 4) is 6.07 Å². The molecule has 0 spiro atoms. The third-order valence-corrected chi connectivity index (χ3v) is 0.758. The van der Waals surface area contributed by atoms with E-state index in [1.54, 1.807) is 0 Å². The van der Waals surface area contributed by atoms with E-state index in [-0.39, 0.29) is 5.57 Å². The highest BCUT2D eigenvalue weighted by molar-refractivity contribution is 5.90. The van der Waals surface area contributed by atoms with Crippen molar-refractivity contribution >= 4 is 11.9 Å². The number of aliphatic carboxylic acids is 2. The zero-order chi connectivity index (χ0) is 11.0. The molecule has 0 aromatic rings. The quantitative estimate of drug-likeness (QED) is 0.487. The van der Waals surface area contributed by atoms with Gasteiger partial charge in [-0.05, 0) is 6.92 Å². The van der Waals surface area contributed by atoms with Gasteiger partial charge in [0.25, 0.3) is 0 Å². The lowest BCUT2D eigenvalue weighted by Crippen LogP contribution is -1.94. The predicted octanol–water partition coefficient (Wildman–Crippen LogP) is 0.798. The average Bonchev–Trinajstić information content (AvgIpc) is 2.03. The molecule has 70 valence electrons. The molecule has 0 rings (SSSR count). The molecule has 0 atom stereocenters. The van der Waals surface area contributed by atoms with E-state index in [0.29, 0.717) is 0 Å². The SMILES string of the molecule is C=C(C#N)C(=O)O.C=C(C)C(=O)O. The van der Waals surface area contributed by atoms with E-state index < -0.39 is 17.5 Å². The minimum atomic E-state index is -1.26. The summed E-state index contributed by atoms with van der Waals surface area (Å²) in [6.45, 7) is 7.51. The Morgan fingerprint density at radius 1 is 1.23 bits per heavy atom. The molecule has 0 heterocycles. The van der Waals surface area contributed by atoms with Crippen LogP contribution in [0, 0.1) is 11.3 Å². The molecule has 0 unspecified atom stereocenters. The number of carbonyl (C=O) groups is 2. The largest absolute Gasteiger partial charge is 0.478 e. The van der Waals surface area contributed by atoms with Crippen LogP contribution >= 0.6 is 0 Å². The summed E-state index contributed by atoms with van der Waals surface area (Å²) >= 11 is 0. The molecule has 0 aliphatic heterocycles. The minimum Gasteiger partial charge on any atom is -0.478 e. The Hall–Kier alpha value is -2.09. The first kappa shape index (κ1) is 13.5. The van der Waals surface area contributed by atoms with Gasteiger partial charge >= 0.3 is 11.9 Å². The molecule has 0 aliphatic carbocycles. The summed E-state index contributed by atoms with van der Waals surface area (Å²) in [5.74, 6) is -2.20. The van der Waals surface area contributed by atoms with Crippen LogP contribution in [0.2, 0.25) is 0 Å². The molecule has 0 aromatic heterocycles. The number of rotatable bonds is 2. The van der Waals surface area contributed by atoms with Crippen molar-refractivity contribution in [2.45, 2.75) is 6.92 Å². The van der Waals surface area contributed by atoms with Crippen LogP contribution in [-0.2, 0) is 9.59 Å². The fraction of sp³-hybridized carbons (Fsp3) is 0.125. The summed E-state index contributed by atoms with van der Waals surface area (Å²) in [7, 11) is 0. The molecule has 0 amide bonds. The van der Waals surface area contributed by atoms with E-state index in [1.165, 1.54) is 13.0 Å². The monoisotopic (exact) mass is 183 g/mol. The van der Waals surface area contributed by atoms with Gasteiger partial charge in [0.1, 0.15) is 11.6 Å². The second kappa shape index (κ2) is 6.61. The molecule has 5 nitrogen and oxygen atoms in total. The Labute approximate surface area is 75.2 Å². The Balaban J connectivity index is 0. The van der Waals surface area contributed by atoms with Crippen LogP contribution in [0.4, 0.5) is 0 Å². The summed E-state index contributed by atoms with van der Waals surface area (Å²) in [6.07, 6.45) is 0. The van der Waals surface area contributed by atoms with Crippen LogP contribution in [0.5, 0.6) is 0 Å². The Morgan fingerprint density at radius 2 is 1.54 bits per heavy atom. The molecule has 0 saturated carbocycles. The van der Waals surface area contributed by atoms with Crippen molar-refractivity contribution < 1.29 is 19.8 Å². The van der Waals surface area contributed by atoms with Gasteiger partial charge in [-0.25, -0.2) is 9.59 Å². The van der Waals surface area contributed by atoms with Gasteiger partial charge in [0.15, 0.2) is 0 Å². The van der Waals surface area contributed by atoms with Crippen molar-refractivity contribution in [1.29, 1.82) is 5.26 Å². The Morgan fingerprint density at radius 3 is 1.54 bits per heavy atom. The van der Waals surface area contributed by atoms with Crippen LogP contribution < -0.4 is 0 Å². The smallest absolute Gasteiger partial charge is 0.345 e. The van der Waals surface area contributed by atoms with Crippen molar-refractivity contribution in [3.05, 3.63) is 24.3 Å². The number of nitrogens with zero attached hydrogens (tertiary/aromatic N) is 1. The summed E-state index contributed by atoms with van der Waals surface area (Å²) in [4.78, 5) is 19.2. The highest BCUT2D eigenvalue weighted by Gasteiger charge is 1.97. The summed E-state index contributed by atoms with van der Waals surface area (Å²) in [6, 6.07) is 1.37. The minimum absolute atomic E-state index is 0.176. The lowest BCUT2D eigenvalue weighted by Gasteiger charge is -1.79. The summed E-state index contributed by atoms with van der Waals surface area (Å²) in [5, 5.41) is 23.5. The molecule has 0 fully saturated rings. The zero-order valence-electron chi connectivity index (χ0n) is 7.07. The number of hydrogen-bond acceptors (Lipinski definition) is 3. The molecule has 13 heavy (non-hydrogen) atoms. The van der Waals surface area contributed by atoms with Gasteiger partial charge < -0.3 is 10.2 Å². The van der Waals surface area contributed by atoms with Gasteiger partial charge in [-0.3, -0.25) is 0 Å².